The number of ether oxygens (including phenoxy) is 2. The maximum absolute atomic E-state index is 12.2. The van der Waals surface area contributed by atoms with Crippen LogP contribution in [0, 0.1) is 5.92 Å². The van der Waals surface area contributed by atoms with Crippen molar-refractivity contribution >= 4 is 11.7 Å². The molecule has 0 spiro atoms. The van der Waals surface area contributed by atoms with Gasteiger partial charge in [0.1, 0.15) is 12.4 Å². The molecule has 3 rings (SSSR count). The zero-order chi connectivity index (χ0) is 21.2. The van der Waals surface area contributed by atoms with Crippen LogP contribution in [0.25, 0.3) is 0 Å². The zero-order valence-corrected chi connectivity index (χ0v) is 18.3. The SMILES string of the molecule is COCC(=O)CC(=O)N1CCN(Cc2cccc(OCCC3CCCCC3)c2)CC1. The van der Waals surface area contributed by atoms with Crippen LogP contribution in [0.5, 0.6) is 5.75 Å². The summed E-state index contributed by atoms with van der Waals surface area (Å²) in [6, 6.07) is 8.38. The van der Waals surface area contributed by atoms with Crippen LogP contribution in [0.4, 0.5) is 0 Å². The number of Topliss-reactive ketones (excluding diaryl/α,β-unsaturated/α-hetero) is 1. The van der Waals surface area contributed by atoms with Gasteiger partial charge >= 0.3 is 0 Å². The molecule has 0 unspecified atom stereocenters. The first-order chi connectivity index (χ1) is 14.6. The van der Waals surface area contributed by atoms with E-state index in [0.717, 1.165) is 44.3 Å². The Morgan fingerprint density at radius 1 is 1.07 bits per heavy atom. The molecule has 0 N–H and O–H groups in total. The Morgan fingerprint density at radius 3 is 2.57 bits per heavy atom. The minimum Gasteiger partial charge on any atom is -0.494 e. The highest BCUT2D eigenvalue weighted by atomic mass is 16.5. The number of methoxy groups -OCH3 is 1. The van der Waals surface area contributed by atoms with Crippen molar-refractivity contribution in [2.75, 3.05) is 46.5 Å². The second-order valence-electron chi connectivity index (χ2n) is 8.59. The molecular weight excluding hydrogens is 380 g/mol. The summed E-state index contributed by atoms with van der Waals surface area (Å²) < 4.78 is 10.8. The number of benzene rings is 1. The van der Waals surface area contributed by atoms with E-state index in [0.29, 0.717) is 13.1 Å². The maximum atomic E-state index is 12.2. The van der Waals surface area contributed by atoms with Crippen molar-refractivity contribution in [3.63, 3.8) is 0 Å². The van der Waals surface area contributed by atoms with Gasteiger partial charge in [-0.05, 0) is 30.0 Å². The number of hydrogen-bond donors (Lipinski definition) is 0. The largest absolute Gasteiger partial charge is 0.494 e. The van der Waals surface area contributed by atoms with Gasteiger partial charge < -0.3 is 14.4 Å². The summed E-state index contributed by atoms with van der Waals surface area (Å²) >= 11 is 0. The van der Waals surface area contributed by atoms with E-state index < -0.39 is 0 Å². The van der Waals surface area contributed by atoms with E-state index in [4.69, 9.17) is 9.47 Å². The minimum atomic E-state index is -0.162. The maximum Gasteiger partial charge on any atom is 0.230 e. The van der Waals surface area contributed by atoms with Gasteiger partial charge in [0.05, 0.1) is 13.0 Å². The molecule has 6 heteroatoms. The lowest BCUT2D eigenvalue weighted by Crippen LogP contribution is -2.48. The van der Waals surface area contributed by atoms with Gasteiger partial charge in [-0.3, -0.25) is 14.5 Å². The van der Waals surface area contributed by atoms with Crippen molar-refractivity contribution in [3.8, 4) is 5.75 Å². The van der Waals surface area contributed by atoms with E-state index in [2.05, 4.69) is 23.1 Å². The van der Waals surface area contributed by atoms with Crippen LogP contribution < -0.4 is 4.74 Å². The van der Waals surface area contributed by atoms with Crippen molar-refractivity contribution in [3.05, 3.63) is 29.8 Å². The fourth-order valence-electron chi connectivity index (χ4n) is 4.46. The Morgan fingerprint density at radius 2 is 1.83 bits per heavy atom. The van der Waals surface area contributed by atoms with Crippen LogP contribution in [0.15, 0.2) is 24.3 Å². The Balaban J connectivity index is 1.39. The Hall–Kier alpha value is -1.92. The first-order valence-corrected chi connectivity index (χ1v) is 11.4. The van der Waals surface area contributed by atoms with Gasteiger partial charge in [-0.25, -0.2) is 0 Å². The zero-order valence-electron chi connectivity index (χ0n) is 18.3. The average Bonchev–Trinajstić information content (AvgIpc) is 2.75. The van der Waals surface area contributed by atoms with Crippen LogP contribution in [0.3, 0.4) is 0 Å². The highest BCUT2D eigenvalue weighted by Crippen LogP contribution is 2.26. The fourth-order valence-corrected chi connectivity index (χ4v) is 4.46. The lowest BCUT2D eigenvalue weighted by Gasteiger charge is -2.34. The van der Waals surface area contributed by atoms with Crippen LogP contribution in [0.2, 0.25) is 0 Å². The van der Waals surface area contributed by atoms with Crippen molar-refractivity contribution in [1.82, 2.24) is 9.80 Å². The molecule has 1 heterocycles. The van der Waals surface area contributed by atoms with Gasteiger partial charge in [-0.2, -0.15) is 0 Å². The van der Waals surface area contributed by atoms with Gasteiger partial charge in [-0.15, -0.1) is 0 Å². The summed E-state index contributed by atoms with van der Waals surface area (Å²) in [5, 5.41) is 0. The molecule has 0 aromatic heterocycles. The molecule has 30 heavy (non-hydrogen) atoms. The average molecular weight is 417 g/mol. The van der Waals surface area contributed by atoms with E-state index in [1.54, 1.807) is 4.90 Å². The van der Waals surface area contributed by atoms with Crippen molar-refractivity contribution in [2.24, 2.45) is 5.92 Å². The molecule has 1 amide bonds. The summed E-state index contributed by atoms with van der Waals surface area (Å²) in [6.45, 7) is 4.62. The van der Waals surface area contributed by atoms with Gasteiger partial charge in [0.25, 0.3) is 0 Å². The Kier molecular flexibility index (Phi) is 9.15. The molecule has 0 radical (unpaired) electrons. The molecule has 0 bridgehead atoms. The summed E-state index contributed by atoms with van der Waals surface area (Å²) in [7, 11) is 1.47. The number of carbonyl (C=O) groups excluding carboxylic acids is 2. The third-order valence-corrected chi connectivity index (χ3v) is 6.20. The molecule has 1 aliphatic heterocycles. The highest BCUT2D eigenvalue weighted by molar-refractivity contribution is 5.98. The molecule has 1 aromatic rings. The van der Waals surface area contributed by atoms with Gasteiger partial charge in [0.15, 0.2) is 5.78 Å². The van der Waals surface area contributed by atoms with Crippen molar-refractivity contribution < 1.29 is 19.1 Å². The molecule has 1 aliphatic carbocycles. The smallest absolute Gasteiger partial charge is 0.230 e. The van der Waals surface area contributed by atoms with Crippen molar-refractivity contribution in [2.45, 2.75) is 51.5 Å². The molecule has 1 saturated carbocycles. The van der Waals surface area contributed by atoms with Crippen LogP contribution in [0.1, 0.15) is 50.5 Å². The molecule has 2 fully saturated rings. The summed E-state index contributed by atoms with van der Waals surface area (Å²) in [6.07, 6.45) is 7.97. The minimum absolute atomic E-state index is 0.00473. The van der Waals surface area contributed by atoms with Gasteiger partial charge in [-0.1, -0.05) is 44.2 Å². The second kappa shape index (κ2) is 12.1. The van der Waals surface area contributed by atoms with E-state index in [1.165, 1.54) is 44.8 Å². The van der Waals surface area contributed by atoms with Crippen LogP contribution >= 0.6 is 0 Å². The lowest BCUT2D eigenvalue weighted by molar-refractivity contribution is -0.137. The second-order valence-corrected chi connectivity index (χ2v) is 8.59. The third-order valence-electron chi connectivity index (χ3n) is 6.20. The first kappa shape index (κ1) is 22.8. The third kappa shape index (κ3) is 7.40. The molecule has 6 nitrogen and oxygen atoms in total. The number of hydrogen-bond acceptors (Lipinski definition) is 5. The number of ketones is 1. The number of nitrogens with zero attached hydrogens (tertiary/aromatic N) is 2. The predicted octanol–water partition coefficient (Wildman–Crippen LogP) is 3.29. The van der Waals surface area contributed by atoms with Crippen molar-refractivity contribution in [1.29, 1.82) is 0 Å². The number of carbonyl (C=O) groups is 2. The number of rotatable bonds is 10. The lowest BCUT2D eigenvalue weighted by atomic mass is 9.87. The molecule has 2 aliphatic rings. The van der Waals surface area contributed by atoms with E-state index in [9.17, 15) is 9.59 Å². The quantitative estimate of drug-likeness (QED) is 0.548. The fraction of sp³-hybridized carbons (Fsp3) is 0.667. The first-order valence-electron chi connectivity index (χ1n) is 11.4. The van der Waals surface area contributed by atoms with Gasteiger partial charge in [0, 0.05) is 39.8 Å². The molecule has 1 saturated heterocycles. The molecular formula is C24H36N2O4. The van der Waals surface area contributed by atoms with E-state index in [-0.39, 0.29) is 24.7 Å². The Labute approximate surface area is 180 Å². The summed E-state index contributed by atoms with van der Waals surface area (Å²) in [5.74, 6) is 1.54. The molecule has 166 valence electrons. The predicted molar refractivity (Wildman–Crippen MR) is 116 cm³/mol. The monoisotopic (exact) mass is 416 g/mol. The normalized spacial score (nSPS) is 18.4. The molecule has 1 aromatic carbocycles. The summed E-state index contributed by atoms with van der Waals surface area (Å²) in [4.78, 5) is 28.0. The number of piperazine rings is 1. The molecule has 0 atom stereocenters. The standard InChI is InChI=1S/C24H36N2O4/c1-29-19-22(27)17-24(28)26-13-11-25(12-14-26)18-21-8-5-9-23(16-21)30-15-10-20-6-3-2-4-7-20/h5,8-9,16,20H,2-4,6-7,10-15,17-19H2,1H3. The topological polar surface area (TPSA) is 59.1 Å². The van der Waals surface area contributed by atoms with E-state index in [1.807, 2.05) is 6.07 Å². The Bertz CT molecular complexity index is 680. The number of amides is 1. The van der Waals surface area contributed by atoms with Crippen LogP contribution in [-0.2, 0) is 20.9 Å². The van der Waals surface area contributed by atoms with E-state index >= 15 is 0 Å². The summed E-state index contributed by atoms with van der Waals surface area (Å²) in [5.41, 5.74) is 1.24. The van der Waals surface area contributed by atoms with Gasteiger partial charge in [0.2, 0.25) is 5.91 Å². The highest BCUT2D eigenvalue weighted by Gasteiger charge is 2.22. The van der Waals surface area contributed by atoms with Crippen LogP contribution in [-0.4, -0.2) is 68.0 Å².